The summed E-state index contributed by atoms with van der Waals surface area (Å²) in [5.41, 5.74) is 3.14. The van der Waals surface area contributed by atoms with Gasteiger partial charge in [-0.15, -0.1) is 0 Å². The number of nitro groups is 1. The average molecular weight is 471 g/mol. The van der Waals surface area contributed by atoms with E-state index in [1.165, 1.54) is 0 Å². The molecule has 0 saturated carbocycles. The van der Waals surface area contributed by atoms with Gasteiger partial charge in [0.1, 0.15) is 11.3 Å². The second-order valence-electron chi connectivity index (χ2n) is 8.66. The Balaban J connectivity index is 1.29. The van der Waals surface area contributed by atoms with Crippen LogP contribution in [0, 0.1) is 10.1 Å². The van der Waals surface area contributed by atoms with E-state index in [0.717, 1.165) is 16.6 Å². The highest BCUT2D eigenvalue weighted by atomic mass is 16.6. The number of rotatable bonds is 6. The molecule has 1 saturated heterocycles. The number of fused-ring (bicyclic) bond motifs is 1. The molecule has 35 heavy (non-hydrogen) atoms. The highest BCUT2D eigenvalue weighted by Crippen LogP contribution is 2.33. The lowest BCUT2D eigenvalue weighted by Crippen LogP contribution is -2.48. The number of benzene rings is 3. The van der Waals surface area contributed by atoms with Gasteiger partial charge in [0, 0.05) is 49.4 Å². The van der Waals surface area contributed by atoms with Crippen LogP contribution in [0.3, 0.4) is 0 Å². The third-order valence-electron chi connectivity index (χ3n) is 6.42. The number of nitrogens with zero attached hydrogens (tertiary/aromatic N) is 3. The smallest absolute Gasteiger partial charge is 0.292 e. The van der Waals surface area contributed by atoms with Crippen molar-refractivity contribution in [2.75, 3.05) is 36.4 Å². The predicted octanol–water partition coefficient (Wildman–Crippen LogP) is 5.48. The Kier molecular flexibility index (Phi) is 6.10. The lowest BCUT2D eigenvalue weighted by molar-refractivity contribution is -0.384. The van der Waals surface area contributed by atoms with E-state index in [4.69, 9.17) is 4.42 Å². The van der Waals surface area contributed by atoms with Crippen molar-refractivity contribution in [3.8, 4) is 0 Å². The van der Waals surface area contributed by atoms with Gasteiger partial charge in [0.15, 0.2) is 5.76 Å². The molecule has 1 atom stereocenters. The third kappa shape index (κ3) is 4.68. The number of nitro benzene ring substituents is 1. The monoisotopic (exact) mass is 470 g/mol. The van der Waals surface area contributed by atoms with Crippen LogP contribution in [-0.2, 0) is 0 Å². The molecule has 0 aliphatic carbocycles. The molecule has 1 N–H and O–H groups in total. The van der Waals surface area contributed by atoms with Crippen LogP contribution in [0.1, 0.15) is 29.1 Å². The minimum atomic E-state index is -0.367. The van der Waals surface area contributed by atoms with Crippen molar-refractivity contribution < 1.29 is 14.1 Å². The number of carbonyl (C=O) groups is 1. The molecule has 1 aromatic heterocycles. The van der Waals surface area contributed by atoms with Crippen LogP contribution in [0.4, 0.5) is 17.1 Å². The first kappa shape index (κ1) is 22.5. The largest absolute Gasteiger partial charge is 0.451 e. The summed E-state index contributed by atoms with van der Waals surface area (Å²) in [6.45, 7) is 4.30. The fraction of sp³-hybridized carbons (Fsp3) is 0.222. The maximum absolute atomic E-state index is 13.0. The van der Waals surface area contributed by atoms with Crippen molar-refractivity contribution in [3.63, 3.8) is 0 Å². The fourth-order valence-electron chi connectivity index (χ4n) is 4.46. The minimum absolute atomic E-state index is 0.0373. The summed E-state index contributed by atoms with van der Waals surface area (Å²) in [6.07, 6.45) is 0. The summed E-state index contributed by atoms with van der Waals surface area (Å²) in [5.74, 6) is 0.222. The van der Waals surface area contributed by atoms with Gasteiger partial charge >= 0.3 is 0 Å². The Labute approximate surface area is 202 Å². The maximum Gasteiger partial charge on any atom is 0.292 e. The summed E-state index contributed by atoms with van der Waals surface area (Å²) < 4.78 is 5.74. The summed E-state index contributed by atoms with van der Waals surface area (Å²) in [7, 11) is 0. The molecule has 0 radical (unpaired) electrons. The normalized spacial score (nSPS) is 14.7. The number of piperazine rings is 1. The van der Waals surface area contributed by atoms with Gasteiger partial charge in [0.2, 0.25) is 0 Å². The first-order valence-electron chi connectivity index (χ1n) is 11.6. The first-order valence-corrected chi connectivity index (χ1v) is 11.6. The number of para-hydroxylation sites is 1. The summed E-state index contributed by atoms with van der Waals surface area (Å²) >= 11 is 0. The molecule has 3 aromatic carbocycles. The Morgan fingerprint density at radius 3 is 2.40 bits per heavy atom. The van der Waals surface area contributed by atoms with Crippen LogP contribution in [0.5, 0.6) is 0 Å². The molecular formula is C27H26N4O4. The molecule has 4 aromatic rings. The quantitative estimate of drug-likeness (QED) is 0.297. The first-order chi connectivity index (χ1) is 17.0. The van der Waals surface area contributed by atoms with Crippen molar-refractivity contribution in [1.82, 2.24) is 4.90 Å². The predicted molar refractivity (Wildman–Crippen MR) is 136 cm³/mol. The van der Waals surface area contributed by atoms with Crippen LogP contribution >= 0.6 is 0 Å². The van der Waals surface area contributed by atoms with Crippen molar-refractivity contribution in [2.45, 2.75) is 13.0 Å². The molecule has 1 amide bonds. The summed E-state index contributed by atoms with van der Waals surface area (Å²) in [6, 6.07) is 24.2. The summed E-state index contributed by atoms with van der Waals surface area (Å²) in [4.78, 5) is 28.2. The zero-order chi connectivity index (χ0) is 24.4. The SMILES string of the molecule is C[C@H](Nc1cc(N2CCN(C(=O)c3cc4ccccc4o3)CC2)ccc1[N+](=O)[O-])c1ccccc1. The Hall–Kier alpha value is -4.33. The van der Waals surface area contributed by atoms with Gasteiger partial charge in [0.05, 0.1) is 4.92 Å². The molecule has 1 aliphatic heterocycles. The zero-order valence-corrected chi connectivity index (χ0v) is 19.4. The molecule has 178 valence electrons. The number of furan rings is 1. The molecule has 2 heterocycles. The van der Waals surface area contributed by atoms with E-state index in [1.807, 2.05) is 67.6 Å². The Morgan fingerprint density at radius 2 is 1.69 bits per heavy atom. The second-order valence-corrected chi connectivity index (χ2v) is 8.66. The minimum Gasteiger partial charge on any atom is -0.451 e. The van der Waals surface area contributed by atoms with Gasteiger partial charge in [-0.1, -0.05) is 48.5 Å². The van der Waals surface area contributed by atoms with E-state index in [-0.39, 0.29) is 22.6 Å². The van der Waals surface area contributed by atoms with E-state index in [0.29, 0.717) is 43.2 Å². The van der Waals surface area contributed by atoms with Gasteiger partial charge in [-0.25, -0.2) is 0 Å². The van der Waals surface area contributed by atoms with Crippen LogP contribution in [0.15, 0.2) is 83.3 Å². The summed E-state index contributed by atoms with van der Waals surface area (Å²) in [5, 5.41) is 15.9. The molecule has 1 fully saturated rings. The Bertz CT molecular complexity index is 1330. The number of hydrogen-bond acceptors (Lipinski definition) is 6. The number of anilines is 2. The number of amides is 1. The standard InChI is InChI=1S/C27H26N4O4/c1-19(20-7-3-2-4-8-20)28-23-18-22(11-12-24(23)31(33)34)29-13-15-30(16-14-29)27(32)26-17-21-9-5-6-10-25(21)35-26/h2-12,17-19,28H,13-16H2,1H3/t19-/m0/s1. The molecule has 1 aliphatic rings. The zero-order valence-electron chi connectivity index (χ0n) is 19.4. The molecule has 5 rings (SSSR count). The van der Waals surface area contributed by atoms with Gasteiger partial charge in [0.25, 0.3) is 11.6 Å². The van der Waals surface area contributed by atoms with Crippen LogP contribution < -0.4 is 10.2 Å². The number of nitrogens with one attached hydrogen (secondary N) is 1. The lowest BCUT2D eigenvalue weighted by atomic mass is 10.1. The number of carbonyl (C=O) groups excluding carboxylic acids is 1. The molecular weight excluding hydrogens is 444 g/mol. The van der Waals surface area contributed by atoms with Crippen molar-refractivity contribution in [1.29, 1.82) is 0 Å². The second kappa shape index (κ2) is 9.50. The topological polar surface area (TPSA) is 91.9 Å². The van der Waals surface area contributed by atoms with E-state index in [2.05, 4.69) is 10.2 Å². The average Bonchev–Trinajstić information content (AvgIpc) is 3.33. The molecule has 0 unspecified atom stereocenters. The van der Waals surface area contributed by atoms with Crippen LogP contribution in [-0.4, -0.2) is 41.9 Å². The van der Waals surface area contributed by atoms with Crippen molar-refractivity contribution >= 4 is 33.9 Å². The number of hydrogen-bond donors (Lipinski definition) is 1. The molecule has 8 heteroatoms. The molecule has 0 bridgehead atoms. The van der Waals surface area contributed by atoms with Crippen LogP contribution in [0.2, 0.25) is 0 Å². The van der Waals surface area contributed by atoms with Gasteiger partial charge in [-0.3, -0.25) is 14.9 Å². The Morgan fingerprint density at radius 1 is 0.971 bits per heavy atom. The van der Waals surface area contributed by atoms with Crippen LogP contribution in [0.25, 0.3) is 11.0 Å². The third-order valence-corrected chi connectivity index (χ3v) is 6.42. The van der Waals surface area contributed by atoms with Crippen molar-refractivity contribution in [3.05, 3.63) is 100 Å². The highest BCUT2D eigenvalue weighted by molar-refractivity contribution is 5.96. The molecule has 8 nitrogen and oxygen atoms in total. The van der Waals surface area contributed by atoms with Gasteiger partial charge in [-0.05, 0) is 36.8 Å². The van der Waals surface area contributed by atoms with E-state index in [1.54, 1.807) is 23.1 Å². The maximum atomic E-state index is 13.0. The lowest BCUT2D eigenvalue weighted by Gasteiger charge is -2.36. The van der Waals surface area contributed by atoms with E-state index >= 15 is 0 Å². The van der Waals surface area contributed by atoms with E-state index in [9.17, 15) is 14.9 Å². The van der Waals surface area contributed by atoms with Crippen molar-refractivity contribution in [2.24, 2.45) is 0 Å². The molecule has 0 spiro atoms. The van der Waals surface area contributed by atoms with Gasteiger partial charge < -0.3 is 19.5 Å². The van der Waals surface area contributed by atoms with Gasteiger partial charge in [-0.2, -0.15) is 0 Å². The highest BCUT2D eigenvalue weighted by Gasteiger charge is 2.26. The fourth-order valence-corrected chi connectivity index (χ4v) is 4.46. The van der Waals surface area contributed by atoms with E-state index < -0.39 is 0 Å².